The molecule has 3 N–H and O–H groups in total. The molecule has 0 bridgehead atoms. The number of aliphatic hydroxyl groups excluding tert-OH is 2. The molecule has 1 aromatic rings. The quantitative estimate of drug-likeness (QED) is 0.624. The first-order valence-corrected chi connectivity index (χ1v) is 6.77. The van der Waals surface area contributed by atoms with Crippen molar-refractivity contribution in [2.45, 2.75) is 32.8 Å². The molecule has 0 aromatic heterocycles. The molecule has 0 aliphatic carbocycles. The molecule has 0 amide bonds. The van der Waals surface area contributed by atoms with Crippen molar-refractivity contribution in [1.82, 2.24) is 5.32 Å². The third kappa shape index (κ3) is 5.59. The van der Waals surface area contributed by atoms with Gasteiger partial charge >= 0.3 is 0 Å². The molecule has 0 aliphatic rings. The Morgan fingerprint density at radius 2 is 2.05 bits per heavy atom. The maximum atomic E-state index is 9.77. The Hall–Kier alpha value is -1.10. The molecular weight excluding hydrogens is 242 g/mol. The number of aryl methyl sites for hydroxylation is 1. The molecule has 1 atom stereocenters. The summed E-state index contributed by atoms with van der Waals surface area (Å²) in [5, 5.41) is 21.3. The van der Waals surface area contributed by atoms with Crippen LogP contribution < -0.4 is 10.1 Å². The zero-order chi connectivity index (χ0) is 14.3. The highest BCUT2D eigenvalue weighted by Gasteiger charge is 2.10. The standard InChI is InChI=1S/C15H25NO3/c1-11(2)14-5-4-12(3)8-15(14)19-10-13(18)9-16-6-7-17/h4-5,8,11,13,16-18H,6-7,9-10H2,1-3H3/t13-/m1/s1. The molecule has 0 saturated heterocycles. The minimum absolute atomic E-state index is 0.0724. The highest BCUT2D eigenvalue weighted by molar-refractivity contribution is 5.39. The summed E-state index contributed by atoms with van der Waals surface area (Å²) >= 11 is 0. The Labute approximate surface area is 115 Å². The van der Waals surface area contributed by atoms with Crippen LogP contribution in [0, 0.1) is 6.92 Å². The van der Waals surface area contributed by atoms with Crippen LogP contribution in [0.15, 0.2) is 18.2 Å². The molecule has 0 aliphatic heterocycles. The molecule has 1 rings (SSSR count). The fraction of sp³-hybridized carbons (Fsp3) is 0.600. The van der Waals surface area contributed by atoms with Crippen LogP contribution in [0.4, 0.5) is 0 Å². The fourth-order valence-electron chi connectivity index (χ4n) is 1.84. The largest absolute Gasteiger partial charge is 0.491 e. The summed E-state index contributed by atoms with van der Waals surface area (Å²) in [5.41, 5.74) is 2.30. The van der Waals surface area contributed by atoms with E-state index in [4.69, 9.17) is 9.84 Å². The van der Waals surface area contributed by atoms with Crippen LogP contribution in [0.1, 0.15) is 30.9 Å². The molecule has 108 valence electrons. The first-order chi connectivity index (χ1) is 9.04. The molecule has 0 fully saturated rings. The number of hydrogen-bond donors (Lipinski definition) is 3. The summed E-state index contributed by atoms with van der Waals surface area (Å²) in [7, 11) is 0. The fourth-order valence-corrected chi connectivity index (χ4v) is 1.84. The lowest BCUT2D eigenvalue weighted by atomic mass is 10.0. The average Bonchev–Trinajstić information content (AvgIpc) is 2.36. The maximum absolute atomic E-state index is 9.77. The Morgan fingerprint density at radius 3 is 2.68 bits per heavy atom. The van der Waals surface area contributed by atoms with Gasteiger partial charge in [-0.05, 0) is 30.0 Å². The predicted octanol–water partition coefficient (Wildman–Crippen LogP) is 1.44. The van der Waals surface area contributed by atoms with Crippen LogP contribution in [0.3, 0.4) is 0 Å². The monoisotopic (exact) mass is 267 g/mol. The van der Waals surface area contributed by atoms with Gasteiger partial charge < -0.3 is 20.3 Å². The molecule has 0 saturated carbocycles. The van der Waals surface area contributed by atoms with Crippen LogP contribution in [-0.4, -0.2) is 42.6 Å². The molecule has 0 unspecified atom stereocenters. The zero-order valence-corrected chi connectivity index (χ0v) is 12.0. The topological polar surface area (TPSA) is 61.7 Å². The van der Waals surface area contributed by atoms with E-state index < -0.39 is 6.10 Å². The first-order valence-electron chi connectivity index (χ1n) is 6.77. The second kappa shape index (κ2) is 8.15. The van der Waals surface area contributed by atoms with Gasteiger partial charge in [0.25, 0.3) is 0 Å². The van der Waals surface area contributed by atoms with Crippen molar-refractivity contribution in [3.8, 4) is 5.75 Å². The highest BCUT2D eigenvalue weighted by atomic mass is 16.5. The molecule has 0 spiro atoms. The summed E-state index contributed by atoms with van der Waals surface area (Å²) in [6, 6.07) is 6.15. The van der Waals surface area contributed by atoms with Gasteiger partial charge in [-0.2, -0.15) is 0 Å². The van der Waals surface area contributed by atoms with Crippen LogP contribution in [0.2, 0.25) is 0 Å². The second-order valence-corrected chi connectivity index (χ2v) is 5.09. The van der Waals surface area contributed by atoms with Gasteiger partial charge in [0.05, 0.1) is 6.61 Å². The molecule has 0 radical (unpaired) electrons. The van der Waals surface area contributed by atoms with Gasteiger partial charge in [-0.15, -0.1) is 0 Å². The Bertz CT molecular complexity index is 380. The van der Waals surface area contributed by atoms with E-state index >= 15 is 0 Å². The normalized spacial score (nSPS) is 12.7. The van der Waals surface area contributed by atoms with Crippen molar-refractivity contribution < 1.29 is 14.9 Å². The number of aliphatic hydroxyl groups is 2. The Balaban J connectivity index is 2.54. The number of hydrogen-bond acceptors (Lipinski definition) is 4. The van der Waals surface area contributed by atoms with E-state index in [2.05, 4.69) is 31.3 Å². The van der Waals surface area contributed by atoms with E-state index in [9.17, 15) is 5.11 Å². The van der Waals surface area contributed by atoms with Gasteiger partial charge in [-0.3, -0.25) is 0 Å². The second-order valence-electron chi connectivity index (χ2n) is 5.09. The van der Waals surface area contributed by atoms with E-state index in [1.165, 1.54) is 0 Å². The molecule has 0 heterocycles. The van der Waals surface area contributed by atoms with Crippen molar-refractivity contribution in [3.63, 3.8) is 0 Å². The third-order valence-corrected chi connectivity index (χ3v) is 2.89. The van der Waals surface area contributed by atoms with Gasteiger partial charge in [-0.25, -0.2) is 0 Å². The van der Waals surface area contributed by atoms with Crippen LogP contribution in [-0.2, 0) is 0 Å². The predicted molar refractivity (Wildman–Crippen MR) is 76.7 cm³/mol. The first kappa shape index (κ1) is 16.0. The van der Waals surface area contributed by atoms with Gasteiger partial charge in [0, 0.05) is 13.1 Å². The molecule has 4 nitrogen and oxygen atoms in total. The van der Waals surface area contributed by atoms with Gasteiger partial charge in [0.2, 0.25) is 0 Å². The van der Waals surface area contributed by atoms with Crippen LogP contribution in [0.25, 0.3) is 0 Å². The Morgan fingerprint density at radius 1 is 1.32 bits per heavy atom. The summed E-state index contributed by atoms with van der Waals surface area (Å²) in [6.45, 7) is 7.50. The van der Waals surface area contributed by atoms with E-state index in [0.29, 0.717) is 19.0 Å². The summed E-state index contributed by atoms with van der Waals surface area (Å²) < 4.78 is 5.72. The smallest absolute Gasteiger partial charge is 0.123 e. The molecule has 19 heavy (non-hydrogen) atoms. The summed E-state index contributed by atoms with van der Waals surface area (Å²) in [5.74, 6) is 1.23. The van der Waals surface area contributed by atoms with E-state index in [0.717, 1.165) is 16.9 Å². The zero-order valence-electron chi connectivity index (χ0n) is 12.0. The minimum Gasteiger partial charge on any atom is -0.491 e. The van der Waals surface area contributed by atoms with Crippen molar-refractivity contribution in [2.24, 2.45) is 0 Å². The molecular formula is C15H25NO3. The van der Waals surface area contributed by atoms with Crippen molar-refractivity contribution in [1.29, 1.82) is 0 Å². The van der Waals surface area contributed by atoms with Gasteiger partial charge in [0.1, 0.15) is 18.5 Å². The summed E-state index contributed by atoms with van der Waals surface area (Å²) in [6.07, 6.45) is -0.577. The van der Waals surface area contributed by atoms with Crippen LogP contribution in [0.5, 0.6) is 5.75 Å². The molecule has 4 heteroatoms. The lowest BCUT2D eigenvalue weighted by Crippen LogP contribution is -2.33. The lowest BCUT2D eigenvalue weighted by molar-refractivity contribution is 0.104. The third-order valence-electron chi connectivity index (χ3n) is 2.89. The maximum Gasteiger partial charge on any atom is 0.123 e. The van der Waals surface area contributed by atoms with E-state index in [1.54, 1.807) is 0 Å². The van der Waals surface area contributed by atoms with E-state index in [1.807, 2.05) is 13.0 Å². The van der Waals surface area contributed by atoms with Gasteiger partial charge in [-0.1, -0.05) is 26.0 Å². The number of benzene rings is 1. The van der Waals surface area contributed by atoms with Crippen LogP contribution >= 0.6 is 0 Å². The number of rotatable bonds is 8. The van der Waals surface area contributed by atoms with Crippen molar-refractivity contribution in [3.05, 3.63) is 29.3 Å². The van der Waals surface area contributed by atoms with Crippen molar-refractivity contribution >= 4 is 0 Å². The number of ether oxygens (including phenoxy) is 1. The SMILES string of the molecule is Cc1ccc(C(C)C)c(OC[C@H](O)CNCCO)c1. The average molecular weight is 267 g/mol. The van der Waals surface area contributed by atoms with E-state index in [-0.39, 0.29) is 13.2 Å². The molecule has 1 aromatic carbocycles. The minimum atomic E-state index is -0.577. The van der Waals surface area contributed by atoms with Crippen molar-refractivity contribution in [2.75, 3.05) is 26.3 Å². The highest BCUT2D eigenvalue weighted by Crippen LogP contribution is 2.27. The summed E-state index contributed by atoms with van der Waals surface area (Å²) in [4.78, 5) is 0. The lowest BCUT2D eigenvalue weighted by Gasteiger charge is -2.17. The Kier molecular flexibility index (Phi) is 6.84. The number of nitrogens with one attached hydrogen (secondary N) is 1. The van der Waals surface area contributed by atoms with Gasteiger partial charge in [0.15, 0.2) is 0 Å².